The molecule has 0 aromatic heterocycles. The van der Waals surface area contributed by atoms with Crippen molar-refractivity contribution >= 4 is 59.2 Å². The predicted molar refractivity (Wildman–Crippen MR) is 270 cm³/mol. The third-order valence-electron chi connectivity index (χ3n) is 11.5. The lowest BCUT2D eigenvalue weighted by Crippen LogP contribution is -2.62. The zero-order valence-electron chi connectivity index (χ0n) is 41.7. The molecular weight excluding hydrogens is 963 g/mol. The summed E-state index contributed by atoms with van der Waals surface area (Å²) in [6.45, 7) is 5.79. The van der Waals surface area contributed by atoms with Crippen LogP contribution < -0.4 is 54.4 Å². The van der Waals surface area contributed by atoms with Gasteiger partial charge in [-0.05, 0) is 74.3 Å². The van der Waals surface area contributed by atoms with Crippen LogP contribution in [-0.4, -0.2) is 141 Å². The standard InChI is InChI=1S/C50H69N11O13/c1-27(2)40(60-42(66)28(3)55-48(72)41(29(4)62)61-44(68)35(16-11-23-54-50(52)53)56-43(67)34(51)24-30-12-7-5-8-13-30)47(71)59-38(25-31-14-9-6-10-15-31)46(70)58-37(26-32-17-19-33(63)20-18-32)45(69)57-36(49(73)74)21-22-39(64)65/h5-10,12-15,17-20,27-29,34-38,40-41,62-63H,11,16,21-26,51H2,1-4H3,(H,55,72)(H,56,67)(H,57,69)(H,58,70)(H,59,71)(H,60,66)(H,61,68)(H,64,65)(H,73,74)(H4,52,53,54). The quantitative estimate of drug-likeness (QED) is 0.0199. The maximum atomic E-state index is 14.2. The van der Waals surface area contributed by atoms with Gasteiger partial charge in [0.05, 0.1) is 12.1 Å². The number of nitrogens with zero attached hydrogens (tertiary/aromatic N) is 1. The van der Waals surface area contributed by atoms with Crippen molar-refractivity contribution in [3.63, 3.8) is 0 Å². The average Bonchev–Trinajstić information content (AvgIpc) is 3.34. The van der Waals surface area contributed by atoms with E-state index in [2.05, 4.69) is 42.2 Å². The number of amides is 7. The van der Waals surface area contributed by atoms with Crippen LogP contribution in [0.1, 0.15) is 70.1 Å². The number of nitrogens with two attached hydrogens (primary N) is 3. The van der Waals surface area contributed by atoms with E-state index in [1.54, 1.807) is 74.5 Å². The number of rotatable bonds is 30. The third-order valence-corrected chi connectivity index (χ3v) is 11.5. The first-order chi connectivity index (χ1) is 34.9. The van der Waals surface area contributed by atoms with Crippen LogP contribution in [0.5, 0.6) is 5.75 Å². The maximum absolute atomic E-state index is 14.2. The number of carboxylic acid groups (broad SMARTS) is 2. The van der Waals surface area contributed by atoms with E-state index in [9.17, 15) is 58.5 Å². The van der Waals surface area contributed by atoms with Gasteiger partial charge in [-0.2, -0.15) is 0 Å². The van der Waals surface area contributed by atoms with Gasteiger partial charge in [0.2, 0.25) is 41.4 Å². The summed E-state index contributed by atoms with van der Waals surface area (Å²) < 4.78 is 0. The minimum absolute atomic E-state index is 0.00893. The second-order valence-corrected chi connectivity index (χ2v) is 18.0. The molecule has 0 aliphatic heterocycles. The van der Waals surface area contributed by atoms with Crippen LogP contribution in [-0.2, 0) is 62.4 Å². The lowest BCUT2D eigenvalue weighted by Gasteiger charge is -2.29. The number of aliphatic hydroxyl groups is 1. The van der Waals surface area contributed by atoms with E-state index >= 15 is 0 Å². The number of aromatic hydroxyl groups is 1. The molecule has 0 radical (unpaired) electrons. The molecule has 0 aliphatic carbocycles. The number of phenols is 1. The Hall–Kier alpha value is -8.12. The molecule has 0 aliphatic rings. The molecule has 0 heterocycles. The van der Waals surface area contributed by atoms with Gasteiger partial charge in [0, 0.05) is 25.8 Å². The highest BCUT2D eigenvalue weighted by Gasteiger charge is 2.36. The molecule has 3 aromatic rings. The fourth-order valence-electron chi connectivity index (χ4n) is 7.32. The minimum atomic E-state index is -1.66. The largest absolute Gasteiger partial charge is 0.508 e. The lowest BCUT2D eigenvalue weighted by molar-refractivity contribution is -0.143. The van der Waals surface area contributed by atoms with Gasteiger partial charge in [-0.25, -0.2) is 4.79 Å². The number of guanidine groups is 1. The first-order valence-corrected chi connectivity index (χ1v) is 23.9. The summed E-state index contributed by atoms with van der Waals surface area (Å²) in [6.07, 6.45) is -2.61. The number of carbonyl (C=O) groups is 9. The van der Waals surface area contributed by atoms with Crippen molar-refractivity contribution < 1.29 is 63.6 Å². The number of aliphatic carboxylic acids is 2. The van der Waals surface area contributed by atoms with Crippen molar-refractivity contribution in [2.45, 2.75) is 127 Å². The van der Waals surface area contributed by atoms with E-state index in [-0.39, 0.29) is 50.4 Å². The number of hydrogen-bond acceptors (Lipinski definition) is 13. The van der Waals surface area contributed by atoms with Crippen molar-refractivity contribution in [2.75, 3.05) is 6.54 Å². The third kappa shape index (κ3) is 20.9. The lowest BCUT2D eigenvalue weighted by atomic mass is 9.99. The zero-order chi connectivity index (χ0) is 55.1. The van der Waals surface area contributed by atoms with E-state index in [0.717, 1.165) is 5.56 Å². The predicted octanol–water partition coefficient (Wildman–Crippen LogP) is -1.80. The summed E-state index contributed by atoms with van der Waals surface area (Å²) in [5.74, 6) is -9.92. The Kier molecular flexibility index (Phi) is 24.4. The van der Waals surface area contributed by atoms with E-state index in [1.807, 2.05) is 0 Å². The number of benzene rings is 3. The van der Waals surface area contributed by atoms with E-state index in [1.165, 1.54) is 38.1 Å². The number of nitrogens with one attached hydrogen (secondary N) is 7. The second-order valence-electron chi connectivity index (χ2n) is 18.0. The maximum Gasteiger partial charge on any atom is 0.326 e. The van der Waals surface area contributed by atoms with Crippen molar-refractivity contribution in [2.24, 2.45) is 28.1 Å². The normalized spacial score (nSPS) is 14.6. The van der Waals surface area contributed by atoms with Crippen LogP contribution in [0, 0.1) is 5.92 Å². The number of carbonyl (C=O) groups excluding carboxylic acids is 7. The SMILES string of the molecule is CC(NC(=O)C(NC(=O)C(CCCN=C(N)N)NC(=O)C(N)Cc1ccccc1)C(C)O)C(=O)NC(C(=O)NC(Cc1ccccc1)C(=O)NC(Cc1ccc(O)cc1)C(=O)NC(CCC(=O)O)C(=O)O)C(C)C. The molecule has 17 N–H and O–H groups in total. The number of carboxylic acids is 2. The molecular formula is C50H69N11O13. The summed E-state index contributed by atoms with van der Waals surface area (Å²) in [7, 11) is 0. The van der Waals surface area contributed by atoms with Gasteiger partial charge < -0.3 is 74.8 Å². The first-order valence-electron chi connectivity index (χ1n) is 23.9. The topological polar surface area (TPSA) is 409 Å². The molecule has 402 valence electrons. The Bertz CT molecular complexity index is 2400. The van der Waals surface area contributed by atoms with Crippen LogP contribution in [0.2, 0.25) is 0 Å². The molecule has 3 rings (SSSR count). The molecule has 0 bridgehead atoms. The van der Waals surface area contributed by atoms with Gasteiger partial charge in [0.1, 0.15) is 48.0 Å². The Morgan fingerprint density at radius 2 is 0.986 bits per heavy atom. The van der Waals surface area contributed by atoms with E-state index in [0.29, 0.717) is 11.1 Å². The van der Waals surface area contributed by atoms with Gasteiger partial charge in [-0.3, -0.25) is 43.3 Å². The monoisotopic (exact) mass is 1030 g/mol. The molecule has 74 heavy (non-hydrogen) atoms. The number of phenolic OH excluding ortho intramolecular Hbond substituents is 1. The summed E-state index contributed by atoms with van der Waals surface area (Å²) in [5, 5.41) is 56.9. The Morgan fingerprint density at radius 1 is 0.527 bits per heavy atom. The Labute approximate surface area is 428 Å². The van der Waals surface area contributed by atoms with Crippen LogP contribution in [0.3, 0.4) is 0 Å². The fourth-order valence-corrected chi connectivity index (χ4v) is 7.32. The fraction of sp³-hybridized carbons (Fsp3) is 0.440. The summed E-state index contributed by atoms with van der Waals surface area (Å²) in [4.78, 5) is 123. The molecule has 0 saturated heterocycles. The summed E-state index contributed by atoms with van der Waals surface area (Å²) >= 11 is 0. The smallest absolute Gasteiger partial charge is 0.326 e. The van der Waals surface area contributed by atoms with Gasteiger partial charge >= 0.3 is 11.9 Å². The van der Waals surface area contributed by atoms with Crippen LogP contribution in [0.15, 0.2) is 89.9 Å². The van der Waals surface area contributed by atoms with Crippen LogP contribution >= 0.6 is 0 Å². The van der Waals surface area contributed by atoms with Gasteiger partial charge in [0.15, 0.2) is 5.96 Å². The van der Waals surface area contributed by atoms with E-state index in [4.69, 9.17) is 22.3 Å². The molecule has 0 spiro atoms. The van der Waals surface area contributed by atoms with Gasteiger partial charge in [-0.15, -0.1) is 0 Å². The molecule has 24 nitrogen and oxygen atoms in total. The van der Waals surface area contributed by atoms with Crippen LogP contribution in [0.4, 0.5) is 0 Å². The molecule has 24 heteroatoms. The molecule has 3 aromatic carbocycles. The van der Waals surface area contributed by atoms with Gasteiger partial charge in [-0.1, -0.05) is 86.6 Å². The van der Waals surface area contributed by atoms with Crippen molar-refractivity contribution in [3.05, 3.63) is 102 Å². The summed E-state index contributed by atoms with van der Waals surface area (Å²) in [6, 6.07) is 11.7. The number of aliphatic imine (C=N–C) groups is 1. The van der Waals surface area contributed by atoms with E-state index < -0.39 is 126 Å². The molecule has 0 fully saturated rings. The van der Waals surface area contributed by atoms with Crippen LogP contribution in [0.25, 0.3) is 0 Å². The zero-order valence-corrected chi connectivity index (χ0v) is 41.7. The summed E-state index contributed by atoms with van der Waals surface area (Å²) in [5.41, 5.74) is 18.8. The number of hydrogen-bond donors (Lipinski definition) is 14. The average molecular weight is 1030 g/mol. The van der Waals surface area contributed by atoms with Crippen molar-refractivity contribution in [1.82, 2.24) is 37.2 Å². The van der Waals surface area contributed by atoms with Crippen molar-refractivity contribution in [3.8, 4) is 5.75 Å². The Morgan fingerprint density at radius 3 is 1.49 bits per heavy atom. The second kappa shape index (κ2) is 30.0. The Balaban J connectivity index is 1.80. The molecule has 7 amide bonds. The molecule has 9 unspecified atom stereocenters. The van der Waals surface area contributed by atoms with Gasteiger partial charge in [0.25, 0.3) is 0 Å². The highest BCUT2D eigenvalue weighted by molar-refractivity contribution is 5.98. The first kappa shape index (κ1) is 60.2. The highest BCUT2D eigenvalue weighted by Crippen LogP contribution is 2.14. The number of aliphatic hydroxyl groups excluding tert-OH is 1. The highest BCUT2D eigenvalue weighted by atomic mass is 16.4. The minimum Gasteiger partial charge on any atom is -0.508 e. The molecule has 9 atom stereocenters. The molecule has 0 saturated carbocycles. The van der Waals surface area contributed by atoms with Crippen molar-refractivity contribution in [1.29, 1.82) is 0 Å².